The van der Waals surface area contributed by atoms with Gasteiger partial charge in [0, 0.05) is 6.07 Å². The monoisotopic (exact) mass is 181 g/mol. The molecule has 3 heteroatoms. The first-order valence-corrected chi connectivity index (χ1v) is 4.34. The van der Waals surface area contributed by atoms with Crippen molar-refractivity contribution in [1.82, 2.24) is 0 Å². The van der Waals surface area contributed by atoms with E-state index in [0.29, 0.717) is 12.3 Å². The highest BCUT2D eigenvalue weighted by molar-refractivity contribution is 5.56. The lowest BCUT2D eigenvalue weighted by Crippen LogP contribution is -1.99. The standard InChI is InChI=1S/C10H15NO2/c1-3-6-13-10-5-4-8(12-2)7-9(10)11/h4-5,7H,3,6,11H2,1-2H3. The SMILES string of the molecule is CCCOc1ccc(OC)cc1N. The Balaban J connectivity index is 2.73. The van der Waals surface area contributed by atoms with Gasteiger partial charge in [0.1, 0.15) is 11.5 Å². The Labute approximate surface area is 78.5 Å². The Bertz CT molecular complexity index is 274. The molecule has 0 atom stereocenters. The Hall–Kier alpha value is -1.38. The highest BCUT2D eigenvalue weighted by atomic mass is 16.5. The van der Waals surface area contributed by atoms with Crippen LogP contribution in [0.25, 0.3) is 0 Å². The minimum absolute atomic E-state index is 0.618. The first kappa shape index (κ1) is 9.71. The van der Waals surface area contributed by atoms with Crippen LogP contribution in [0.1, 0.15) is 13.3 Å². The molecule has 0 aliphatic rings. The Kier molecular flexibility index (Phi) is 3.43. The summed E-state index contributed by atoms with van der Waals surface area (Å²) >= 11 is 0. The van der Waals surface area contributed by atoms with Crippen LogP contribution in [0.3, 0.4) is 0 Å². The third-order valence-electron chi connectivity index (χ3n) is 1.68. The van der Waals surface area contributed by atoms with E-state index in [9.17, 15) is 0 Å². The molecule has 1 rings (SSSR count). The summed E-state index contributed by atoms with van der Waals surface area (Å²) in [5.41, 5.74) is 6.35. The molecule has 1 aromatic rings. The number of nitrogens with two attached hydrogens (primary N) is 1. The zero-order valence-electron chi connectivity index (χ0n) is 8.04. The zero-order valence-corrected chi connectivity index (χ0v) is 8.04. The highest BCUT2D eigenvalue weighted by Gasteiger charge is 2.00. The van der Waals surface area contributed by atoms with E-state index in [1.807, 2.05) is 12.1 Å². The summed E-state index contributed by atoms with van der Waals surface area (Å²) in [6, 6.07) is 5.41. The molecule has 1 aromatic carbocycles. The molecule has 0 bridgehead atoms. The van der Waals surface area contributed by atoms with Crippen LogP contribution in [0.15, 0.2) is 18.2 Å². The third kappa shape index (κ3) is 2.54. The average molecular weight is 181 g/mol. The van der Waals surface area contributed by atoms with Crippen molar-refractivity contribution in [2.45, 2.75) is 13.3 Å². The van der Waals surface area contributed by atoms with E-state index >= 15 is 0 Å². The van der Waals surface area contributed by atoms with Gasteiger partial charge < -0.3 is 15.2 Å². The maximum Gasteiger partial charge on any atom is 0.142 e. The van der Waals surface area contributed by atoms with Crippen LogP contribution in [-0.4, -0.2) is 13.7 Å². The molecule has 0 radical (unpaired) electrons. The van der Waals surface area contributed by atoms with Gasteiger partial charge in [0.15, 0.2) is 0 Å². The molecule has 0 amide bonds. The summed E-state index contributed by atoms with van der Waals surface area (Å²) in [6.45, 7) is 2.75. The Morgan fingerprint density at radius 1 is 1.38 bits per heavy atom. The number of rotatable bonds is 4. The van der Waals surface area contributed by atoms with Gasteiger partial charge in [-0.1, -0.05) is 6.92 Å². The van der Waals surface area contributed by atoms with Gasteiger partial charge >= 0.3 is 0 Å². The van der Waals surface area contributed by atoms with Crippen LogP contribution in [0, 0.1) is 0 Å². The van der Waals surface area contributed by atoms with Gasteiger partial charge in [0.2, 0.25) is 0 Å². The van der Waals surface area contributed by atoms with Gasteiger partial charge in [-0.05, 0) is 18.6 Å². The van der Waals surface area contributed by atoms with Gasteiger partial charge in [-0.3, -0.25) is 0 Å². The fraction of sp³-hybridized carbons (Fsp3) is 0.400. The van der Waals surface area contributed by atoms with Crippen LogP contribution in [0.4, 0.5) is 5.69 Å². The normalized spacial score (nSPS) is 9.69. The number of hydrogen-bond donors (Lipinski definition) is 1. The maximum atomic E-state index is 5.73. The van der Waals surface area contributed by atoms with E-state index in [1.165, 1.54) is 0 Å². The number of nitrogen functional groups attached to an aromatic ring is 1. The first-order valence-electron chi connectivity index (χ1n) is 4.34. The fourth-order valence-electron chi connectivity index (χ4n) is 0.997. The molecule has 0 saturated carbocycles. The van der Waals surface area contributed by atoms with Crippen LogP contribution < -0.4 is 15.2 Å². The molecule has 0 fully saturated rings. The predicted molar refractivity (Wildman–Crippen MR) is 53.2 cm³/mol. The number of methoxy groups -OCH3 is 1. The van der Waals surface area contributed by atoms with Crippen molar-refractivity contribution in [3.63, 3.8) is 0 Å². The van der Waals surface area contributed by atoms with Crippen molar-refractivity contribution in [2.24, 2.45) is 0 Å². The zero-order chi connectivity index (χ0) is 9.68. The van der Waals surface area contributed by atoms with Gasteiger partial charge in [-0.15, -0.1) is 0 Å². The van der Waals surface area contributed by atoms with Gasteiger partial charge in [0.25, 0.3) is 0 Å². The quantitative estimate of drug-likeness (QED) is 0.723. The van der Waals surface area contributed by atoms with Crippen molar-refractivity contribution in [2.75, 3.05) is 19.5 Å². The molecule has 0 spiro atoms. The Morgan fingerprint density at radius 2 is 2.15 bits per heavy atom. The molecule has 0 aliphatic heterocycles. The van der Waals surface area contributed by atoms with Crippen molar-refractivity contribution in [3.05, 3.63) is 18.2 Å². The van der Waals surface area contributed by atoms with Gasteiger partial charge in [-0.2, -0.15) is 0 Å². The largest absolute Gasteiger partial charge is 0.497 e. The summed E-state index contributed by atoms with van der Waals surface area (Å²) < 4.78 is 10.4. The smallest absolute Gasteiger partial charge is 0.142 e. The van der Waals surface area contributed by atoms with Crippen LogP contribution in [-0.2, 0) is 0 Å². The minimum atomic E-state index is 0.618. The molecule has 2 N–H and O–H groups in total. The lowest BCUT2D eigenvalue weighted by atomic mass is 10.3. The number of anilines is 1. The first-order chi connectivity index (χ1) is 6.27. The van der Waals surface area contributed by atoms with E-state index in [-0.39, 0.29) is 0 Å². The lowest BCUT2D eigenvalue weighted by Gasteiger charge is -2.08. The van der Waals surface area contributed by atoms with E-state index in [0.717, 1.165) is 17.9 Å². The number of benzene rings is 1. The topological polar surface area (TPSA) is 44.5 Å². The third-order valence-corrected chi connectivity index (χ3v) is 1.68. The van der Waals surface area contributed by atoms with Gasteiger partial charge in [-0.25, -0.2) is 0 Å². The van der Waals surface area contributed by atoms with Crippen molar-refractivity contribution in [3.8, 4) is 11.5 Å². The molecule has 3 nitrogen and oxygen atoms in total. The number of ether oxygens (including phenoxy) is 2. The van der Waals surface area contributed by atoms with Crippen LogP contribution in [0.2, 0.25) is 0 Å². The fourth-order valence-corrected chi connectivity index (χ4v) is 0.997. The molecule has 13 heavy (non-hydrogen) atoms. The molecule has 0 aromatic heterocycles. The van der Waals surface area contributed by atoms with Crippen molar-refractivity contribution in [1.29, 1.82) is 0 Å². The van der Waals surface area contributed by atoms with E-state index in [2.05, 4.69) is 6.92 Å². The molecular formula is C10H15NO2. The second-order valence-corrected chi connectivity index (χ2v) is 2.75. The lowest BCUT2D eigenvalue weighted by molar-refractivity contribution is 0.318. The molecule has 0 heterocycles. The summed E-state index contributed by atoms with van der Waals surface area (Å²) in [7, 11) is 1.61. The van der Waals surface area contributed by atoms with E-state index in [1.54, 1.807) is 13.2 Å². The second-order valence-electron chi connectivity index (χ2n) is 2.75. The van der Waals surface area contributed by atoms with Gasteiger partial charge in [0.05, 0.1) is 19.4 Å². The van der Waals surface area contributed by atoms with Crippen molar-refractivity contribution >= 4 is 5.69 Å². The maximum absolute atomic E-state index is 5.73. The highest BCUT2D eigenvalue weighted by Crippen LogP contribution is 2.26. The summed E-state index contributed by atoms with van der Waals surface area (Å²) in [6.07, 6.45) is 0.978. The van der Waals surface area contributed by atoms with Crippen LogP contribution in [0.5, 0.6) is 11.5 Å². The Morgan fingerprint density at radius 3 is 2.69 bits per heavy atom. The summed E-state index contributed by atoms with van der Waals surface area (Å²) in [5.74, 6) is 1.48. The summed E-state index contributed by atoms with van der Waals surface area (Å²) in [4.78, 5) is 0. The molecular weight excluding hydrogens is 166 g/mol. The summed E-state index contributed by atoms with van der Waals surface area (Å²) in [5, 5.41) is 0. The molecule has 72 valence electrons. The molecule has 0 aliphatic carbocycles. The van der Waals surface area contributed by atoms with E-state index < -0.39 is 0 Å². The minimum Gasteiger partial charge on any atom is -0.497 e. The predicted octanol–water partition coefficient (Wildman–Crippen LogP) is 2.07. The second kappa shape index (κ2) is 4.60. The average Bonchev–Trinajstić information content (AvgIpc) is 2.16. The van der Waals surface area contributed by atoms with Crippen LogP contribution >= 0.6 is 0 Å². The molecule has 0 saturated heterocycles. The van der Waals surface area contributed by atoms with E-state index in [4.69, 9.17) is 15.2 Å². The number of hydrogen-bond acceptors (Lipinski definition) is 3. The molecule has 0 unspecified atom stereocenters. The van der Waals surface area contributed by atoms with Crippen molar-refractivity contribution < 1.29 is 9.47 Å².